The second-order valence-corrected chi connectivity index (χ2v) is 4.33. The van der Waals surface area contributed by atoms with Crippen LogP contribution in [0.2, 0.25) is 0 Å². The quantitative estimate of drug-likeness (QED) is 0.709. The molecule has 0 aromatic carbocycles. The van der Waals surface area contributed by atoms with Crippen LogP contribution < -0.4 is 0 Å². The Morgan fingerprint density at radius 3 is 2.67 bits per heavy atom. The van der Waals surface area contributed by atoms with Crippen LogP contribution in [-0.4, -0.2) is 35.6 Å². The summed E-state index contributed by atoms with van der Waals surface area (Å²) in [4.78, 5) is 13.7. The second-order valence-electron chi connectivity index (χ2n) is 4.33. The Labute approximate surface area is 92.5 Å². The predicted molar refractivity (Wildman–Crippen MR) is 60.6 cm³/mol. The number of carbonyl (C=O) groups is 1. The van der Waals surface area contributed by atoms with Crippen molar-refractivity contribution >= 4 is 5.91 Å². The first-order valence-corrected chi connectivity index (χ1v) is 6.23. The van der Waals surface area contributed by atoms with Gasteiger partial charge in [-0.05, 0) is 32.1 Å². The normalized spacial score (nSPS) is 18.7. The fourth-order valence-corrected chi connectivity index (χ4v) is 2.04. The minimum atomic E-state index is 0.272. The Morgan fingerprint density at radius 2 is 1.87 bits per heavy atom. The predicted octanol–water partition coefficient (Wildman–Crippen LogP) is 1.94. The molecule has 3 nitrogen and oxygen atoms in total. The van der Waals surface area contributed by atoms with Gasteiger partial charge in [-0.25, -0.2) is 0 Å². The highest BCUT2D eigenvalue weighted by Gasteiger charge is 2.14. The molecule has 1 heterocycles. The Bertz CT molecular complexity index is 182. The van der Waals surface area contributed by atoms with Crippen LogP contribution in [0.25, 0.3) is 0 Å². The molecule has 1 N–H and O–H groups in total. The third-order valence-corrected chi connectivity index (χ3v) is 3.01. The number of rotatable bonds is 5. The number of unbranched alkanes of at least 4 members (excludes halogenated alkanes) is 2. The van der Waals surface area contributed by atoms with Crippen molar-refractivity contribution in [2.75, 3.05) is 19.7 Å². The molecule has 0 aromatic rings. The maximum atomic E-state index is 11.7. The van der Waals surface area contributed by atoms with Gasteiger partial charge in [-0.2, -0.15) is 0 Å². The van der Waals surface area contributed by atoms with Gasteiger partial charge in [0.15, 0.2) is 0 Å². The van der Waals surface area contributed by atoms with E-state index in [9.17, 15) is 4.79 Å². The number of likely N-dealkylation sites (tertiary alicyclic amines) is 1. The third kappa shape index (κ3) is 5.17. The number of carbonyl (C=O) groups excluding carboxylic acids is 1. The zero-order chi connectivity index (χ0) is 10.9. The van der Waals surface area contributed by atoms with E-state index < -0.39 is 0 Å². The van der Waals surface area contributed by atoms with E-state index in [2.05, 4.69) is 0 Å². The molecule has 0 aromatic heterocycles. The molecule has 1 saturated heterocycles. The number of hydrogen-bond acceptors (Lipinski definition) is 2. The van der Waals surface area contributed by atoms with Crippen molar-refractivity contribution in [1.82, 2.24) is 4.90 Å². The molecule has 88 valence electrons. The SMILES string of the molecule is O=C1CCCCCCN1CCCCCO. The molecule has 1 aliphatic rings. The Morgan fingerprint density at radius 1 is 1.07 bits per heavy atom. The van der Waals surface area contributed by atoms with Gasteiger partial charge in [-0.1, -0.05) is 12.8 Å². The highest BCUT2D eigenvalue weighted by Crippen LogP contribution is 2.12. The van der Waals surface area contributed by atoms with Gasteiger partial charge >= 0.3 is 0 Å². The number of aliphatic hydroxyl groups excluding tert-OH is 1. The average Bonchev–Trinajstić information content (AvgIpc) is 2.22. The fourth-order valence-electron chi connectivity index (χ4n) is 2.04. The van der Waals surface area contributed by atoms with Crippen LogP contribution in [0.4, 0.5) is 0 Å². The summed E-state index contributed by atoms with van der Waals surface area (Å²) in [5, 5.41) is 8.66. The summed E-state index contributed by atoms with van der Waals surface area (Å²) in [6, 6.07) is 0. The van der Waals surface area contributed by atoms with Crippen molar-refractivity contribution in [2.24, 2.45) is 0 Å². The Kier molecular flexibility index (Phi) is 6.41. The van der Waals surface area contributed by atoms with Gasteiger partial charge in [0.2, 0.25) is 5.91 Å². The van der Waals surface area contributed by atoms with Crippen LogP contribution in [0.15, 0.2) is 0 Å². The second kappa shape index (κ2) is 7.69. The molecular weight excluding hydrogens is 190 g/mol. The standard InChI is InChI=1S/C12H23NO2/c14-11-7-3-6-10-13-9-5-2-1-4-8-12(13)15/h14H,1-11H2. The van der Waals surface area contributed by atoms with Gasteiger partial charge < -0.3 is 10.0 Å². The molecule has 15 heavy (non-hydrogen) atoms. The van der Waals surface area contributed by atoms with Crippen molar-refractivity contribution in [1.29, 1.82) is 0 Å². The molecule has 3 heteroatoms. The Hall–Kier alpha value is -0.570. The first-order valence-electron chi connectivity index (χ1n) is 6.23. The molecule has 0 aliphatic carbocycles. The first-order chi connectivity index (χ1) is 7.34. The van der Waals surface area contributed by atoms with Gasteiger partial charge in [0, 0.05) is 26.1 Å². The number of amides is 1. The summed E-state index contributed by atoms with van der Waals surface area (Å²) >= 11 is 0. The first kappa shape index (κ1) is 12.5. The molecule has 0 atom stereocenters. The number of hydrogen-bond donors (Lipinski definition) is 1. The van der Waals surface area contributed by atoms with Gasteiger partial charge in [0.25, 0.3) is 0 Å². The zero-order valence-electron chi connectivity index (χ0n) is 9.58. The van der Waals surface area contributed by atoms with E-state index in [1.807, 2.05) is 4.90 Å². The fraction of sp³-hybridized carbons (Fsp3) is 0.917. The Balaban J connectivity index is 2.20. The summed E-state index contributed by atoms with van der Waals surface area (Å²) in [6.07, 6.45) is 8.36. The minimum Gasteiger partial charge on any atom is -0.396 e. The van der Waals surface area contributed by atoms with E-state index in [-0.39, 0.29) is 6.61 Å². The smallest absolute Gasteiger partial charge is 0.222 e. The molecule has 0 unspecified atom stereocenters. The van der Waals surface area contributed by atoms with Crippen LogP contribution in [-0.2, 0) is 4.79 Å². The molecule has 1 aliphatic heterocycles. The van der Waals surface area contributed by atoms with Crippen LogP contribution in [0, 0.1) is 0 Å². The molecule has 0 radical (unpaired) electrons. The third-order valence-electron chi connectivity index (χ3n) is 3.01. The highest BCUT2D eigenvalue weighted by molar-refractivity contribution is 5.76. The van der Waals surface area contributed by atoms with Crippen molar-refractivity contribution in [3.05, 3.63) is 0 Å². The lowest BCUT2D eigenvalue weighted by atomic mass is 10.1. The van der Waals surface area contributed by atoms with Crippen molar-refractivity contribution in [3.63, 3.8) is 0 Å². The summed E-state index contributed by atoms with van der Waals surface area (Å²) in [7, 11) is 0. The summed E-state index contributed by atoms with van der Waals surface area (Å²) in [6.45, 7) is 2.10. The molecule has 1 fully saturated rings. The lowest BCUT2D eigenvalue weighted by molar-refractivity contribution is -0.131. The van der Waals surface area contributed by atoms with E-state index in [4.69, 9.17) is 5.11 Å². The van der Waals surface area contributed by atoms with Gasteiger partial charge in [-0.3, -0.25) is 4.79 Å². The molecular formula is C12H23NO2. The summed E-state index contributed by atoms with van der Waals surface area (Å²) in [5.41, 5.74) is 0. The van der Waals surface area contributed by atoms with E-state index in [1.165, 1.54) is 12.8 Å². The van der Waals surface area contributed by atoms with Crippen molar-refractivity contribution in [2.45, 2.75) is 51.4 Å². The zero-order valence-corrected chi connectivity index (χ0v) is 9.58. The lowest BCUT2D eigenvalue weighted by Gasteiger charge is -2.24. The minimum absolute atomic E-state index is 0.272. The topological polar surface area (TPSA) is 40.5 Å². The van der Waals surface area contributed by atoms with Crippen LogP contribution in [0.3, 0.4) is 0 Å². The molecule has 0 spiro atoms. The van der Waals surface area contributed by atoms with E-state index in [0.717, 1.165) is 51.6 Å². The van der Waals surface area contributed by atoms with E-state index in [1.54, 1.807) is 0 Å². The maximum absolute atomic E-state index is 11.7. The van der Waals surface area contributed by atoms with E-state index >= 15 is 0 Å². The molecule has 1 amide bonds. The molecule has 0 bridgehead atoms. The van der Waals surface area contributed by atoms with Crippen LogP contribution in [0.1, 0.15) is 51.4 Å². The highest BCUT2D eigenvalue weighted by atomic mass is 16.2. The lowest BCUT2D eigenvalue weighted by Crippen LogP contribution is -2.33. The average molecular weight is 213 g/mol. The summed E-state index contributed by atoms with van der Waals surface area (Å²) in [5.74, 6) is 0.332. The van der Waals surface area contributed by atoms with Crippen molar-refractivity contribution in [3.8, 4) is 0 Å². The van der Waals surface area contributed by atoms with Gasteiger partial charge in [0.1, 0.15) is 0 Å². The van der Waals surface area contributed by atoms with Crippen molar-refractivity contribution < 1.29 is 9.90 Å². The monoisotopic (exact) mass is 213 g/mol. The summed E-state index contributed by atoms with van der Waals surface area (Å²) < 4.78 is 0. The number of aliphatic hydroxyl groups is 1. The van der Waals surface area contributed by atoms with Crippen LogP contribution in [0.5, 0.6) is 0 Å². The number of nitrogens with zero attached hydrogens (tertiary/aromatic N) is 1. The van der Waals surface area contributed by atoms with Gasteiger partial charge in [0.05, 0.1) is 0 Å². The molecule has 1 rings (SSSR count). The maximum Gasteiger partial charge on any atom is 0.222 e. The van der Waals surface area contributed by atoms with E-state index in [0.29, 0.717) is 5.91 Å². The molecule has 0 saturated carbocycles. The van der Waals surface area contributed by atoms with Crippen LogP contribution >= 0.6 is 0 Å². The largest absolute Gasteiger partial charge is 0.396 e. The van der Waals surface area contributed by atoms with Gasteiger partial charge in [-0.15, -0.1) is 0 Å².